The van der Waals surface area contributed by atoms with Crippen LogP contribution in [0.4, 0.5) is 0 Å². The van der Waals surface area contributed by atoms with Crippen LogP contribution in [0.2, 0.25) is 0 Å². The van der Waals surface area contributed by atoms with Crippen LogP contribution < -0.4 is 5.73 Å². The first-order chi connectivity index (χ1) is 7.52. The van der Waals surface area contributed by atoms with Gasteiger partial charge in [0.05, 0.1) is 6.61 Å². The van der Waals surface area contributed by atoms with E-state index in [-0.39, 0.29) is 6.61 Å². The normalized spacial score (nSPS) is 20.6. The van der Waals surface area contributed by atoms with Gasteiger partial charge in [0.15, 0.2) is 6.10 Å². The van der Waals surface area contributed by atoms with Crippen molar-refractivity contribution >= 4 is 11.9 Å². The fourth-order valence-corrected chi connectivity index (χ4v) is 1.87. The lowest BCUT2D eigenvalue weighted by Crippen LogP contribution is -2.48. The molecule has 0 bridgehead atoms. The van der Waals surface area contributed by atoms with Crippen LogP contribution in [0.3, 0.4) is 0 Å². The number of ether oxygens (including phenoxy) is 1. The molecule has 16 heavy (non-hydrogen) atoms. The second kappa shape index (κ2) is 5.81. The molecule has 92 valence electrons. The van der Waals surface area contributed by atoms with Gasteiger partial charge in [-0.05, 0) is 18.8 Å². The van der Waals surface area contributed by atoms with Gasteiger partial charge in [-0.2, -0.15) is 0 Å². The third kappa shape index (κ3) is 3.46. The molecule has 1 aliphatic rings. The predicted octanol–water partition coefficient (Wildman–Crippen LogP) is 0.0583. The van der Waals surface area contributed by atoms with Crippen molar-refractivity contribution in [2.75, 3.05) is 6.61 Å². The Hall–Kier alpha value is -1.14. The van der Waals surface area contributed by atoms with Gasteiger partial charge in [-0.25, -0.2) is 4.79 Å². The fourth-order valence-electron chi connectivity index (χ4n) is 1.87. The number of carboxylic acids is 2. The minimum Gasteiger partial charge on any atom is -0.480 e. The minimum absolute atomic E-state index is 0.276. The Morgan fingerprint density at radius 3 is 2.25 bits per heavy atom. The van der Waals surface area contributed by atoms with E-state index in [0.717, 1.165) is 25.7 Å². The molecule has 1 aliphatic carbocycles. The van der Waals surface area contributed by atoms with Gasteiger partial charge >= 0.3 is 11.9 Å². The number of nitrogens with two attached hydrogens (primary N) is 1. The third-order valence-electron chi connectivity index (χ3n) is 2.84. The molecule has 1 fully saturated rings. The molecule has 6 heteroatoms. The highest BCUT2D eigenvalue weighted by molar-refractivity contribution is 5.84. The Morgan fingerprint density at radius 2 is 1.81 bits per heavy atom. The average Bonchev–Trinajstić information content (AvgIpc) is 2.69. The zero-order chi connectivity index (χ0) is 12.1. The van der Waals surface area contributed by atoms with Crippen LogP contribution in [0.1, 0.15) is 25.7 Å². The average molecular weight is 231 g/mol. The summed E-state index contributed by atoms with van der Waals surface area (Å²) in [4.78, 5) is 21.4. The highest BCUT2D eigenvalue weighted by Crippen LogP contribution is 2.25. The molecule has 0 radical (unpaired) electrons. The lowest BCUT2D eigenvalue weighted by Gasteiger charge is -2.19. The van der Waals surface area contributed by atoms with Crippen LogP contribution in [-0.2, 0) is 14.3 Å². The van der Waals surface area contributed by atoms with E-state index in [9.17, 15) is 9.59 Å². The van der Waals surface area contributed by atoms with Crippen molar-refractivity contribution in [2.24, 2.45) is 11.7 Å². The van der Waals surface area contributed by atoms with E-state index in [1.807, 2.05) is 0 Å². The Kier molecular flexibility index (Phi) is 4.70. The third-order valence-corrected chi connectivity index (χ3v) is 2.84. The molecule has 2 atom stereocenters. The maximum atomic E-state index is 10.8. The monoisotopic (exact) mass is 231 g/mol. The summed E-state index contributed by atoms with van der Waals surface area (Å²) in [5.41, 5.74) is 5.24. The molecule has 6 nitrogen and oxygen atoms in total. The number of rotatable bonds is 6. The Morgan fingerprint density at radius 1 is 1.25 bits per heavy atom. The first-order valence-electron chi connectivity index (χ1n) is 5.35. The summed E-state index contributed by atoms with van der Waals surface area (Å²) < 4.78 is 5.11. The lowest BCUT2D eigenvalue weighted by atomic mass is 10.1. The van der Waals surface area contributed by atoms with E-state index in [1.165, 1.54) is 0 Å². The van der Waals surface area contributed by atoms with Crippen LogP contribution in [0.15, 0.2) is 0 Å². The van der Waals surface area contributed by atoms with E-state index >= 15 is 0 Å². The maximum absolute atomic E-state index is 10.8. The topological polar surface area (TPSA) is 110 Å². The first kappa shape index (κ1) is 12.9. The summed E-state index contributed by atoms with van der Waals surface area (Å²) in [6.45, 7) is 0.276. The number of aliphatic carboxylic acids is 2. The Labute approximate surface area is 93.4 Å². The molecule has 1 saturated carbocycles. The fraction of sp³-hybridized carbons (Fsp3) is 0.800. The molecule has 0 aromatic rings. The first-order valence-corrected chi connectivity index (χ1v) is 5.35. The van der Waals surface area contributed by atoms with Gasteiger partial charge in [-0.15, -0.1) is 0 Å². The van der Waals surface area contributed by atoms with Gasteiger partial charge in [-0.1, -0.05) is 12.8 Å². The molecule has 0 spiro atoms. The van der Waals surface area contributed by atoms with Gasteiger partial charge in [0.25, 0.3) is 0 Å². The van der Waals surface area contributed by atoms with E-state index in [1.54, 1.807) is 0 Å². The highest BCUT2D eigenvalue weighted by Gasteiger charge is 2.32. The maximum Gasteiger partial charge on any atom is 0.335 e. The van der Waals surface area contributed by atoms with Gasteiger partial charge in [-0.3, -0.25) is 4.79 Å². The number of carboxylic acid groups (broad SMARTS) is 2. The van der Waals surface area contributed by atoms with Crippen molar-refractivity contribution in [3.05, 3.63) is 0 Å². The number of hydrogen-bond acceptors (Lipinski definition) is 4. The van der Waals surface area contributed by atoms with E-state index in [4.69, 9.17) is 20.7 Å². The number of carbonyl (C=O) groups is 2. The minimum atomic E-state index is -1.51. The second-order valence-corrected chi connectivity index (χ2v) is 4.11. The summed E-state index contributed by atoms with van der Waals surface area (Å²) >= 11 is 0. The molecule has 1 rings (SSSR count). The zero-order valence-corrected chi connectivity index (χ0v) is 8.96. The van der Waals surface area contributed by atoms with E-state index < -0.39 is 24.1 Å². The molecular formula is C10H17NO5. The molecule has 4 N–H and O–H groups in total. The summed E-state index contributed by atoms with van der Waals surface area (Å²) in [5.74, 6) is -2.35. The van der Waals surface area contributed by atoms with Crippen LogP contribution in [-0.4, -0.2) is 40.9 Å². The summed E-state index contributed by atoms with van der Waals surface area (Å²) in [7, 11) is 0. The van der Waals surface area contributed by atoms with Gasteiger partial charge < -0.3 is 20.7 Å². The molecular weight excluding hydrogens is 214 g/mol. The molecule has 0 unspecified atom stereocenters. The largest absolute Gasteiger partial charge is 0.480 e. The standard InChI is InChI=1S/C10H17NO5/c11-7(9(12)13)8(10(14)15)16-5-6-3-1-2-4-6/h6-8H,1-5,11H2,(H,12,13)(H,14,15)/t7-,8-/m0/s1. The van der Waals surface area contributed by atoms with Crippen LogP contribution in [0.5, 0.6) is 0 Å². The summed E-state index contributed by atoms with van der Waals surface area (Å²) in [5, 5.41) is 17.4. The van der Waals surface area contributed by atoms with E-state index in [2.05, 4.69) is 0 Å². The van der Waals surface area contributed by atoms with Gasteiger partial charge in [0, 0.05) is 0 Å². The molecule has 0 aromatic carbocycles. The van der Waals surface area contributed by atoms with E-state index in [0.29, 0.717) is 5.92 Å². The van der Waals surface area contributed by atoms with Crippen molar-refractivity contribution in [3.8, 4) is 0 Å². The van der Waals surface area contributed by atoms with Gasteiger partial charge in [0.1, 0.15) is 6.04 Å². The van der Waals surface area contributed by atoms with Crippen molar-refractivity contribution in [2.45, 2.75) is 37.8 Å². The SMILES string of the molecule is N[C@H](C(=O)O)[C@H](OCC1CCCC1)C(=O)O. The molecule has 0 aromatic heterocycles. The van der Waals surface area contributed by atoms with Gasteiger partial charge in [0.2, 0.25) is 0 Å². The molecule has 0 heterocycles. The van der Waals surface area contributed by atoms with Crippen molar-refractivity contribution in [1.29, 1.82) is 0 Å². The zero-order valence-electron chi connectivity index (χ0n) is 8.96. The molecule has 0 amide bonds. The Balaban J connectivity index is 2.44. The molecule has 0 saturated heterocycles. The molecule has 0 aliphatic heterocycles. The van der Waals surface area contributed by atoms with Crippen LogP contribution >= 0.6 is 0 Å². The highest BCUT2D eigenvalue weighted by atomic mass is 16.5. The van der Waals surface area contributed by atoms with Crippen molar-refractivity contribution in [3.63, 3.8) is 0 Å². The smallest absolute Gasteiger partial charge is 0.335 e. The quantitative estimate of drug-likeness (QED) is 0.596. The Bertz CT molecular complexity index is 262. The van der Waals surface area contributed by atoms with Crippen molar-refractivity contribution < 1.29 is 24.5 Å². The summed E-state index contributed by atoms with van der Waals surface area (Å²) in [6, 6.07) is -1.51. The summed E-state index contributed by atoms with van der Waals surface area (Å²) in [6.07, 6.45) is 2.80. The second-order valence-electron chi connectivity index (χ2n) is 4.11. The lowest BCUT2D eigenvalue weighted by molar-refractivity contribution is -0.159. The van der Waals surface area contributed by atoms with Crippen molar-refractivity contribution in [1.82, 2.24) is 0 Å². The van der Waals surface area contributed by atoms with Crippen LogP contribution in [0.25, 0.3) is 0 Å². The number of hydrogen-bond donors (Lipinski definition) is 3. The van der Waals surface area contributed by atoms with Crippen LogP contribution in [0, 0.1) is 5.92 Å². The predicted molar refractivity (Wildman–Crippen MR) is 54.9 cm³/mol.